The number of carbonyl (C=O) groups excluding carboxylic acids is 1. The summed E-state index contributed by atoms with van der Waals surface area (Å²) in [6.07, 6.45) is 6.47. The second-order valence-electron chi connectivity index (χ2n) is 2.69. The Hall–Kier alpha value is -0.490. The normalized spacial score (nSPS) is 14.5. The molecule has 0 aliphatic carbocycles. The number of rotatable bonds is 4. The number of halogens is 1. The summed E-state index contributed by atoms with van der Waals surface area (Å²) in [6.45, 7) is 3.85. The zero-order valence-electron chi connectivity index (χ0n) is 7.43. The molecule has 0 radical (unpaired) electrons. The highest BCUT2D eigenvalue weighted by molar-refractivity contribution is 9.10. The standard InChI is InChI=1S/C9H14BrNO/c1-4-6-7(3)11-9(12)8(10)5-2/h1,7-8H,5-6H2,2-3H3,(H,11,12). The van der Waals surface area contributed by atoms with E-state index in [1.165, 1.54) is 0 Å². The third-order valence-electron chi connectivity index (χ3n) is 1.46. The molecule has 12 heavy (non-hydrogen) atoms. The predicted octanol–water partition coefficient (Wildman–Crippen LogP) is 1.69. The molecule has 2 atom stereocenters. The highest BCUT2D eigenvalue weighted by Gasteiger charge is 2.13. The van der Waals surface area contributed by atoms with E-state index < -0.39 is 0 Å². The summed E-state index contributed by atoms with van der Waals surface area (Å²) in [5, 5.41) is 2.80. The van der Waals surface area contributed by atoms with Crippen molar-refractivity contribution in [2.75, 3.05) is 0 Å². The van der Waals surface area contributed by atoms with Crippen LogP contribution in [-0.2, 0) is 4.79 Å². The molecule has 0 aliphatic rings. The van der Waals surface area contributed by atoms with E-state index >= 15 is 0 Å². The first-order valence-corrected chi connectivity index (χ1v) is 4.91. The number of terminal acetylenes is 1. The minimum absolute atomic E-state index is 0.0141. The average Bonchev–Trinajstić information content (AvgIpc) is 2.03. The first kappa shape index (κ1) is 11.5. The first-order chi connectivity index (χ1) is 5.61. The van der Waals surface area contributed by atoms with Crippen LogP contribution in [0.5, 0.6) is 0 Å². The van der Waals surface area contributed by atoms with Gasteiger partial charge < -0.3 is 5.32 Å². The molecule has 0 aromatic rings. The molecule has 0 aromatic carbocycles. The maximum absolute atomic E-state index is 11.2. The lowest BCUT2D eigenvalue weighted by Gasteiger charge is -2.13. The van der Waals surface area contributed by atoms with Crippen molar-refractivity contribution in [3.8, 4) is 12.3 Å². The van der Waals surface area contributed by atoms with Gasteiger partial charge in [0.05, 0.1) is 4.83 Å². The number of amides is 1. The van der Waals surface area contributed by atoms with E-state index in [0.717, 1.165) is 6.42 Å². The fourth-order valence-corrected chi connectivity index (χ4v) is 0.879. The van der Waals surface area contributed by atoms with E-state index in [1.807, 2.05) is 13.8 Å². The molecule has 2 unspecified atom stereocenters. The summed E-state index contributed by atoms with van der Waals surface area (Å²) < 4.78 is 0. The van der Waals surface area contributed by atoms with Crippen molar-refractivity contribution in [2.45, 2.75) is 37.6 Å². The molecule has 0 fully saturated rings. The zero-order chi connectivity index (χ0) is 9.56. The Morgan fingerprint density at radius 3 is 2.75 bits per heavy atom. The monoisotopic (exact) mass is 231 g/mol. The van der Waals surface area contributed by atoms with Gasteiger partial charge in [0, 0.05) is 12.5 Å². The SMILES string of the molecule is C#CCC(C)NC(=O)C(Br)CC. The number of nitrogens with one attached hydrogen (secondary N) is 1. The molecule has 1 amide bonds. The van der Waals surface area contributed by atoms with E-state index in [-0.39, 0.29) is 16.8 Å². The highest BCUT2D eigenvalue weighted by Crippen LogP contribution is 2.04. The quantitative estimate of drug-likeness (QED) is 0.580. The van der Waals surface area contributed by atoms with E-state index in [0.29, 0.717) is 6.42 Å². The average molecular weight is 232 g/mol. The van der Waals surface area contributed by atoms with Gasteiger partial charge in [-0.05, 0) is 13.3 Å². The first-order valence-electron chi connectivity index (χ1n) is 3.99. The van der Waals surface area contributed by atoms with E-state index in [2.05, 4.69) is 27.2 Å². The lowest BCUT2D eigenvalue weighted by Crippen LogP contribution is -2.37. The topological polar surface area (TPSA) is 29.1 Å². The predicted molar refractivity (Wildman–Crippen MR) is 54.1 cm³/mol. The third-order valence-corrected chi connectivity index (χ3v) is 2.52. The summed E-state index contributed by atoms with van der Waals surface area (Å²) in [6, 6.07) is 0.0640. The summed E-state index contributed by atoms with van der Waals surface area (Å²) >= 11 is 3.26. The van der Waals surface area contributed by atoms with Crippen molar-refractivity contribution in [1.29, 1.82) is 0 Å². The molecule has 1 N–H and O–H groups in total. The molecule has 0 aliphatic heterocycles. The van der Waals surface area contributed by atoms with Crippen LogP contribution in [0.1, 0.15) is 26.7 Å². The Bertz CT molecular complexity index is 185. The highest BCUT2D eigenvalue weighted by atomic mass is 79.9. The fraction of sp³-hybridized carbons (Fsp3) is 0.667. The number of hydrogen-bond donors (Lipinski definition) is 1. The summed E-state index contributed by atoms with van der Waals surface area (Å²) in [4.78, 5) is 11.1. The summed E-state index contributed by atoms with van der Waals surface area (Å²) in [5.41, 5.74) is 0. The van der Waals surface area contributed by atoms with E-state index in [1.54, 1.807) is 0 Å². The Kier molecular flexibility index (Phi) is 5.83. The van der Waals surface area contributed by atoms with Crippen LogP contribution in [0.25, 0.3) is 0 Å². The van der Waals surface area contributed by atoms with Gasteiger partial charge in [-0.25, -0.2) is 0 Å². The van der Waals surface area contributed by atoms with Crippen LogP contribution in [0.4, 0.5) is 0 Å². The van der Waals surface area contributed by atoms with Gasteiger partial charge in [0.1, 0.15) is 0 Å². The fourth-order valence-electron chi connectivity index (χ4n) is 0.746. The molecule has 3 heteroatoms. The van der Waals surface area contributed by atoms with Crippen LogP contribution in [0.15, 0.2) is 0 Å². The number of alkyl halides is 1. The molecule has 0 spiro atoms. The van der Waals surface area contributed by atoms with Crippen LogP contribution >= 0.6 is 15.9 Å². The molecule has 0 heterocycles. The smallest absolute Gasteiger partial charge is 0.234 e. The third kappa shape index (κ3) is 4.40. The Morgan fingerprint density at radius 1 is 1.75 bits per heavy atom. The molecule has 0 saturated carbocycles. The molecule has 0 aromatic heterocycles. The molecule has 68 valence electrons. The van der Waals surface area contributed by atoms with Gasteiger partial charge >= 0.3 is 0 Å². The van der Waals surface area contributed by atoms with Crippen molar-refractivity contribution < 1.29 is 4.79 Å². The van der Waals surface area contributed by atoms with E-state index in [9.17, 15) is 4.79 Å². The van der Waals surface area contributed by atoms with Gasteiger partial charge in [-0.1, -0.05) is 22.9 Å². The maximum atomic E-state index is 11.2. The lowest BCUT2D eigenvalue weighted by atomic mass is 10.2. The van der Waals surface area contributed by atoms with Crippen molar-refractivity contribution in [1.82, 2.24) is 5.32 Å². The van der Waals surface area contributed by atoms with Crippen LogP contribution in [-0.4, -0.2) is 16.8 Å². The lowest BCUT2D eigenvalue weighted by molar-refractivity contribution is -0.121. The Balaban J connectivity index is 3.77. The molecule has 0 bridgehead atoms. The van der Waals surface area contributed by atoms with Crippen LogP contribution in [0, 0.1) is 12.3 Å². The Morgan fingerprint density at radius 2 is 2.33 bits per heavy atom. The zero-order valence-corrected chi connectivity index (χ0v) is 9.02. The molecule has 0 rings (SSSR count). The minimum atomic E-state index is -0.0993. The number of carbonyl (C=O) groups is 1. The van der Waals surface area contributed by atoms with Gasteiger partial charge in [0.2, 0.25) is 5.91 Å². The van der Waals surface area contributed by atoms with Crippen LogP contribution in [0.3, 0.4) is 0 Å². The second-order valence-corrected chi connectivity index (χ2v) is 3.80. The molecule has 2 nitrogen and oxygen atoms in total. The van der Waals surface area contributed by atoms with Crippen LogP contribution in [0.2, 0.25) is 0 Å². The van der Waals surface area contributed by atoms with Gasteiger partial charge in [0.15, 0.2) is 0 Å². The molecular formula is C9H14BrNO. The Labute approximate surface area is 82.2 Å². The van der Waals surface area contributed by atoms with Crippen molar-refractivity contribution in [3.05, 3.63) is 0 Å². The van der Waals surface area contributed by atoms with Crippen LogP contribution < -0.4 is 5.32 Å². The summed E-state index contributed by atoms with van der Waals surface area (Å²) in [5.74, 6) is 2.51. The largest absolute Gasteiger partial charge is 0.352 e. The number of hydrogen-bond acceptors (Lipinski definition) is 1. The van der Waals surface area contributed by atoms with Gasteiger partial charge in [-0.3, -0.25) is 4.79 Å². The summed E-state index contributed by atoms with van der Waals surface area (Å²) in [7, 11) is 0. The van der Waals surface area contributed by atoms with Crippen molar-refractivity contribution in [3.63, 3.8) is 0 Å². The maximum Gasteiger partial charge on any atom is 0.234 e. The molecular weight excluding hydrogens is 218 g/mol. The second kappa shape index (κ2) is 6.07. The van der Waals surface area contributed by atoms with Gasteiger partial charge in [-0.2, -0.15) is 0 Å². The van der Waals surface area contributed by atoms with Gasteiger partial charge in [-0.15, -0.1) is 12.3 Å². The van der Waals surface area contributed by atoms with Gasteiger partial charge in [0.25, 0.3) is 0 Å². The van der Waals surface area contributed by atoms with Crippen molar-refractivity contribution >= 4 is 21.8 Å². The molecule has 0 saturated heterocycles. The minimum Gasteiger partial charge on any atom is -0.352 e. The van der Waals surface area contributed by atoms with E-state index in [4.69, 9.17) is 6.42 Å². The van der Waals surface area contributed by atoms with Crippen molar-refractivity contribution in [2.24, 2.45) is 0 Å².